The number of carboxylic acid groups (broad SMARTS) is 1. The average Bonchev–Trinajstić information content (AvgIpc) is 2.98. The zero-order valence-electron chi connectivity index (χ0n) is 12.4. The van der Waals surface area contributed by atoms with Crippen molar-refractivity contribution in [3.8, 4) is 0 Å². The van der Waals surface area contributed by atoms with Gasteiger partial charge in [-0.1, -0.05) is 0 Å². The second-order valence-corrected chi connectivity index (χ2v) is 6.99. The summed E-state index contributed by atoms with van der Waals surface area (Å²) >= 11 is 1.76. The molecule has 0 saturated carbocycles. The van der Waals surface area contributed by atoms with E-state index in [2.05, 4.69) is 25.2 Å². The van der Waals surface area contributed by atoms with Crippen molar-refractivity contribution in [3.05, 3.63) is 21.4 Å². The van der Waals surface area contributed by atoms with Gasteiger partial charge in [0.05, 0.1) is 6.61 Å². The number of hydrogen-bond donors (Lipinski definition) is 2. The number of thiophene rings is 1. The van der Waals surface area contributed by atoms with E-state index in [0.717, 1.165) is 12.8 Å². The quantitative estimate of drug-likeness (QED) is 0.843. The van der Waals surface area contributed by atoms with Gasteiger partial charge in [0.15, 0.2) is 5.54 Å². The van der Waals surface area contributed by atoms with Crippen LogP contribution in [-0.4, -0.2) is 35.7 Å². The van der Waals surface area contributed by atoms with Crippen molar-refractivity contribution in [3.63, 3.8) is 0 Å². The Hall–Kier alpha value is -1.40. The highest BCUT2D eigenvalue weighted by atomic mass is 32.1. The van der Waals surface area contributed by atoms with E-state index in [1.807, 2.05) is 0 Å². The Morgan fingerprint density at radius 3 is 2.76 bits per heavy atom. The first kappa shape index (κ1) is 16.0. The summed E-state index contributed by atoms with van der Waals surface area (Å²) in [6.45, 7) is 4.59. The Morgan fingerprint density at radius 2 is 2.24 bits per heavy atom. The molecule has 0 aromatic carbocycles. The first-order valence-electron chi connectivity index (χ1n) is 7.11. The molecule has 0 aliphatic carbocycles. The van der Waals surface area contributed by atoms with E-state index in [1.54, 1.807) is 11.3 Å². The molecule has 21 heavy (non-hydrogen) atoms. The molecule has 1 unspecified atom stereocenters. The smallest absolute Gasteiger partial charge is 0.331 e. The van der Waals surface area contributed by atoms with E-state index < -0.39 is 11.5 Å². The number of rotatable bonds is 6. The van der Waals surface area contributed by atoms with Gasteiger partial charge in [0.1, 0.15) is 0 Å². The predicted molar refractivity (Wildman–Crippen MR) is 80.7 cm³/mol. The van der Waals surface area contributed by atoms with Gasteiger partial charge in [0.25, 0.3) is 0 Å². The van der Waals surface area contributed by atoms with Crippen LogP contribution in [0, 0.1) is 13.8 Å². The molecule has 1 fully saturated rings. The summed E-state index contributed by atoms with van der Waals surface area (Å²) in [7, 11) is 0. The molecule has 0 bridgehead atoms. The van der Waals surface area contributed by atoms with Crippen LogP contribution >= 0.6 is 11.3 Å². The predicted octanol–water partition coefficient (Wildman–Crippen LogP) is 2.05. The molecule has 1 aliphatic heterocycles. The fourth-order valence-corrected chi connectivity index (χ4v) is 3.56. The van der Waals surface area contributed by atoms with E-state index in [0.29, 0.717) is 19.4 Å². The Labute approximate surface area is 128 Å². The zero-order chi connectivity index (χ0) is 15.5. The van der Waals surface area contributed by atoms with E-state index in [4.69, 9.17) is 4.74 Å². The molecular formula is C15H21NO4S. The summed E-state index contributed by atoms with van der Waals surface area (Å²) in [6.07, 6.45) is 2.24. The largest absolute Gasteiger partial charge is 0.479 e. The van der Waals surface area contributed by atoms with Gasteiger partial charge in [-0.2, -0.15) is 0 Å². The number of carboxylic acids is 1. The summed E-state index contributed by atoms with van der Waals surface area (Å²) in [4.78, 5) is 25.8. The van der Waals surface area contributed by atoms with E-state index in [9.17, 15) is 14.7 Å². The lowest BCUT2D eigenvalue weighted by Crippen LogP contribution is -2.55. The van der Waals surface area contributed by atoms with Gasteiger partial charge in [-0.3, -0.25) is 4.79 Å². The van der Waals surface area contributed by atoms with Crippen molar-refractivity contribution in [2.24, 2.45) is 0 Å². The van der Waals surface area contributed by atoms with Crippen LogP contribution in [-0.2, 0) is 20.7 Å². The summed E-state index contributed by atoms with van der Waals surface area (Å²) in [6, 6.07) is 2.15. The number of aryl methyl sites for hydroxylation is 3. The Bertz CT molecular complexity index is 532. The van der Waals surface area contributed by atoms with Crippen LogP contribution in [0.3, 0.4) is 0 Å². The number of amides is 1. The molecule has 5 nitrogen and oxygen atoms in total. The number of ether oxygens (including phenoxy) is 1. The van der Waals surface area contributed by atoms with Crippen molar-refractivity contribution in [1.82, 2.24) is 5.32 Å². The number of hydrogen-bond acceptors (Lipinski definition) is 4. The Balaban J connectivity index is 1.82. The first-order chi connectivity index (χ1) is 9.93. The van der Waals surface area contributed by atoms with E-state index >= 15 is 0 Å². The molecule has 1 aromatic rings. The van der Waals surface area contributed by atoms with E-state index in [-0.39, 0.29) is 12.5 Å². The molecule has 1 aromatic heterocycles. The van der Waals surface area contributed by atoms with Crippen LogP contribution in [0.1, 0.15) is 34.6 Å². The zero-order valence-corrected chi connectivity index (χ0v) is 13.2. The fourth-order valence-electron chi connectivity index (χ4n) is 2.59. The highest BCUT2D eigenvalue weighted by Gasteiger charge is 2.43. The summed E-state index contributed by atoms with van der Waals surface area (Å²) in [5.74, 6) is -1.23. The third-order valence-electron chi connectivity index (χ3n) is 3.80. The summed E-state index contributed by atoms with van der Waals surface area (Å²) < 4.78 is 5.12. The molecule has 0 radical (unpaired) electrons. The van der Waals surface area contributed by atoms with Gasteiger partial charge >= 0.3 is 5.97 Å². The number of aliphatic carboxylic acids is 1. The number of nitrogens with one attached hydrogen (secondary N) is 1. The maximum absolute atomic E-state index is 12.0. The van der Waals surface area contributed by atoms with Crippen LogP contribution in [0.25, 0.3) is 0 Å². The lowest BCUT2D eigenvalue weighted by molar-refractivity contribution is -0.147. The van der Waals surface area contributed by atoms with Gasteiger partial charge < -0.3 is 15.2 Å². The second-order valence-electron chi connectivity index (χ2n) is 5.53. The normalized spacial score (nSPS) is 21.4. The Kier molecular flexibility index (Phi) is 5.00. The highest BCUT2D eigenvalue weighted by Crippen LogP contribution is 2.23. The molecule has 2 N–H and O–H groups in total. The number of carbonyl (C=O) groups is 2. The maximum Gasteiger partial charge on any atom is 0.331 e. The molecule has 116 valence electrons. The fraction of sp³-hybridized carbons (Fsp3) is 0.600. The van der Waals surface area contributed by atoms with Crippen LogP contribution in [0.15, 0.2) is 6.07 Å². The summed E-state index contributed by atoms with van der Waals surface area (Å²) in [5.41, 5.74) is 0.0499. The number of carbonyl (C=O) groups excluding carboxylic acids is 1. The standard InChI is InChI=1S/C15H21NO4S/c1-10-8-12(11(2)21-10)4-3-5-13(17)16-15(14(18)19)6-7-20-9-15/h8H,3-7,9H2,1-2H3,(H,16,17)(H,18,19). The monoisotopic (exact) mass is 311 g/mol. The van der Waals surface area contributed by atoms with Gasteiger partial charge in [0.2, 0.25) is 5.91 Å². The Morgan fingerprint density at radius 1 is 1.48 bits per heavy atom. The van der Waals surface area contributed by atoms with Gasteiger partial charge in [0, 0.05) is 29.2 Å². The van der Waals surface area contributed by atoms with Crippen molar-refractivity contribution in [2.75, 3.05) is 13.2 Å². The van der Waals surface area contributed by atoms with Crippen LogP contribution in [0.5, 0.6) is 0 Å². The van der Waals surface area contributed by atoms with Crippen molar-refractivity contribution in [1.29, 1.82) is 0 Å². The summed E-state index contributed by atoms with van der Waals surface area (Å²) in [5, 5.41) is 11.9. The second kappa shape index (κ2) is 6.58. The van der Waals surface area contributed by atoms with E-state index in [1.165, 1.54) is 15.3 Å². The molecular weight excluding hydrogens is 290 g/mol. The molecule has 2 rings (SSSR count). The lowest BCUT2D eigenvalue weighted by Gasteiger charge is -2.23. The van der Waals surface area contributed by atoms with Gasteiger partial charge in [-0.15, -0.1) is 11.3 Å². The minimum atomic E-state index is -1.23. The minimum absolute atomic E-state index is 0.0525. The minimum Gasteiger partial charge on any atom is -0.479 e. The molecule has 6 heteroatoms. The van der Waals surface area contributed by atoms with Crippen LogP contribution in [0.2, 0.25) is 0 Å². The molecule has 1 atom stereocenters. The third-order valence-corrected chi connectivity index (χ3v) is 4.81. The van der Waals surface area contributed by atoms with Crippen LogP contribution in [0.4, 0.5) is 0 Å². The molecule has 1 saturated heterocycles. The van der Waals surface area contributed by atoms with Crippen LogP contribution < -0.4 is 5.32 Å². The van der Waals surface area contributed by atoms with Gasteiger partial charge in [-0.25, -0.2) is 4.79 Å². The molecule has 1 amide bonds. The van der Waals surface area contributed by atoms with Gasteiger partial charge in [-0.05, 0) is 38.3 Å². The SMILES string of the molecule is Cc1cc(CCCC(=O)NC2(C(=O)O)CCOC2)c(C)s1. The third kappa shape index (κ3) is 3.83. The topological polar surface area (TPSA) is 75.6 Å². The molecule has 2 heterocycles. The average molecular weight is 311 g/mol. The van der Waals surface area contributed by atoms with Crippen molar-refractivity contribution >= 4 is 23.2 Å². The highest BCUT2D eigenvalue weighted by molar-refractivity contribution is 7.12. The van der Waals surface area contributed by atoms with Crippen molar-refractivity contribution in [2.45, 2.75) is 45.1 Å². The van der Waals surface area contributed by atoms with Crippen molar-refractivity contribution < 1.29 is 19.4 Å². The lowest BCUT2D eigenvalue weighted by atomic mass is 9.98. The molecule has 0 spiro atoms. The molecule has 1 aliphatic rings. The first-order valence-corrected chi connectivity index (χ1v) is 7.93. The maximum atomic E-state index is 12.0.